The van der Waals surface area contributed by atoms with E-state index in [4.69, 9.17) is 24.7 Å². The van der Waals surface area contributed by atoms with Crippen LogP contribution in [0.25, 0.3) is 89.5 Å². The van der Waals surface area contributed by atoms with Gasteiger partial charge in [-0.05, 0) is 276 Å². The van der Waals surface area contributed by atoms with Gasteiger partial charge in [0.2, 0.25) is 22.8 Å². The first kappa shape index (κ1) is 66.5. The molecule has 4 heterocycles. The summed E-state index contributed by atoms with van der Waals surface area (Å²) in [6.07, 6.45) is 5.30. The molecule has 12 aromatic rings. The van der Waals surface area contributed by atoms with Gasteiger partial charge in [-0.1, -0.05) is 263 Å². The summed E-state index contributed by atoms with van der Waals surface area (Å²) in [5.41, 5.74) is 24.7. The summed E-state index contributed by atoms with van der Waals surface area (Å²) in [5, 5.41) is 0. The maximum atomic E-state index is 9.14. The molecule has 0 radical (unpaired) electrons. The maximum Gasteiger partial charge on any atom is 0.212 e. The number of hydrogen-bond acceptors (Lipinski definition) is 0. The van der Waals surface area contributed by atoms with E-state index in [1.165, 1.54) is 62.0 Å². The maximum absolute atomic E-state index is 9.14. The van der Waals surface area contributed by atoms with Crippen molar-refractivity contribution in [1.29, 1.82) is 0 Å². The number of aromatic nitrogens is 4. The summed E-state index contributed by atoms with van der Waals surface area (Å²) in [5.74, 6) is 0.672. The van der Waals surface area contributed by atoms with Crippen LogP contribution in [0.3, 0.4) is 0 Å². The molecule has 0 N–H and O–H groups in total. The monoisotopic (exact) mass is 1550 g/mol. The Morgan fingerprint density at radius 3 is 0.870 bits per heavy atom. The molecule has 0 spiro atoms. The highest BCUT2D eigenvalue weighted by Crippen LogP contribution is 2.40. The van der Waals surface area contributed by atoms with Crippen molar-refractivity contribution in [3.8, 4) is 89.5 Å². The van der Waals surface area contributed by atoms with Gasteiger partial charge in [0.15, 0.2) is 24.8 Å². The van der Waals surface area contributed by atoms with Gasteiger partial charge in [0, 0.05) is 93.4 Å². The highest BCUT2D eigenvalue weighted by Gasteiger charge is 2.29. The molecule has 4 aromatic heterocycles. The lowest BCUT2D eigenvalue weighted by Crippen LogP contribution is -2.33. The molecule has 4 heteroatoms. The van der Waals surface area contributed by atoms with Crippen molar-refractivity contribution in [2.24, 2.45) is 61.2 Å². The summed E-state index contributed by atoms with van der Waals surface area (Å²) in [6.45, 7) is 37.5. The van der Waals surface area contributed by atoms with Crippen molar-refractivity contribution >= 4 is 0 Å². The van der Waals surface area contributed by atoms with E-state index in [1.54, 1.807) is 62.8 Å². The zero-order valence-corrected chi connectivity index (χ0v) is 74.3. The van der Waals surface area contributed by atoms with E-state index in [2.05, 4.69) is 172 Å². The SMILES string of the molecule is Cc1cc(-c2cc(-c3ccccc3)c(C)cc2C)[n+](C)cc1CC(C)C.[2H]C([2H])([2H])c1cc(C)c(-c2cc(C([2H])([2H])C(C)(C)C)c(C([2H])([2H])C(C)(C)C)c[n+]2C)cc1-c1ccccc1.[2H]C([2H])([2H])c1cc(C)c(-c2cc(C([2H])([2H])C(C)(C)C)c(C([2H])([2H])[2H])c[n+]2C)cc1-c1ccccc1.[2H]C([2H])([2H])c1cc(C)c(-c2cc(CC(C)(C)C)c(CC(C)(C)C)c[n+]2C)cc1-c1ccccc1. The fourth-order valence-electron chi connectivity index (χ4n) is 15.1. The van der Waals surface area contributed by atoms with Crippen LogP contribution < -0.4 is 18.3 Å². The molecule has 0 aliphatic heterocycles. The van der Waals surface area contributed by atoms with Crippen molar-refractivity contribution < 1.29 is 42.9 Å². The summed E-state index contributed by atoms with van der Waals surface area (Å²) >= 11 is 0. The Balaban J connectivity index is 0.000000201. The largest absolute Gasteiger partial charge is 0.212 e. The van der Waals surface area contributed by atoms with E-state index in [0.717, 1.165) is 69.5 Å². The molecule has 0 aliphatic rings. The van der Waals surface area contributed by atoms with Crippen LogP contribution in [0, 0.1) is 102 Å². The van der Waals surface area contributed by atoms with E-state index >= 15 is 0 Å². The van der Waals surface area contributed by atoms with E-state index in [1.807, 2.05) is 183 Å². The second kappa shape index (κ2) is 37.1. The number of aryl methyl sites for hydroxylation is 14. The van der Waals surface area contributed by atoms with Crippen molar-refractivity contribution in [2.75, 3.05) is 0 Å². The Bertz CT molecular complexity index is 6140. The van der Waals surface area contributed by atoms with Gasteiger partial charge >= 0.3 is 0 Å². The van der Waals surface area contributed by atoms with E-state index < -0.39 is 62.8 Å². The van der Waals surface area contributed by atoms with E-state index in [0.29, 0.717) is 56.2 Å². The molecule has 602 valence electrons. The predicted molar refractivity (Wildman–Crippen MR) is 496 cm³/mol. The number of nitrogens with zero attached hydrogens (tertiary/aromatic N) is 4. The van der Waals surface area contributed by atoms with Gasteiger partial charge in [-0.3, -0.25) is 0 Å². The quantitative estimate of drug-likeness (QED) is 0.0909. The molecule has 4 nitrogen and oxygen atoms in total. The van der Waals surface area contributed by atoms with Crippen LogP contribution in [0.4, 0.5) is 0 Å². The van der Waals surface area contributed by atoms with Crippen LogP contribution in [-0.2, 0) is 66.6 Å². The molecule has 0 unspecified atom stereocenters. The average molecular weight is 1550 g/mol. The van der Waals surface area contributed by atoms with E-state index in [9.17, 15) is 0 Å². The Hall–Kier alpha value is -9.64. The lowest BCUT2D eigenvalue weighted by atomic mass is 9.81. The zero-order valence-electron chi connectivity index (χ0n) is 92.3. The van der Waals surface area contributed by atoms with Gasteiger partial charge < -0.3 is 0 Å². The zero-order chi connectivity index (χ0) is 99.9. The number of rotatable bonds is 15. The van der Waals surface area contributed by atoms with Crippen molar-refractivity contribution in [3.63, 3.8) is 0 Å². The standard InChI is InChI=1S/2C30H40N.C26H32N.C25H30N/c2*1-21-15-22(2)27(17-26(21)23-13-11-10-12-14-23)28-16-24(18-29(3,4)5)25(20-31(28)9)19-30(6,7)8;1-18-13-19(2)24(15-23(18)21-11-9-8-10-12-21)25-14-22(16-26(4,5)6)20(3)17-27(25)7;1-17(2)12-22-16-26(6)25(14-18(22)3)24-15-23(19(4)13-20(24)5)21-10-8-7-9-11-21/h2*10-17,20H,18-19H2,1-9H3;8-15,17H,16H2,1-7H3;7-11,13-17H,12H2,1-6H3/q4*+1/i1D3,18D2,19D2;1D3;1D3,3D3,16D2;. The average Bonchev–Trinajstić information content (AvgIpc) is 0.718. The highest BCUT2D eigenvalue weighted by atomic mass is 14.9. The molecule has 12 rings (SSSR count). The lowest BCUT2D eigenvalue weighted by molar-refractivity contribution is -0.661. The topological polar surface area (TPSA) is 15.5 Å². The number of benzene rings is 8. The minimum atomic E-state index is -2.50. The Morgan fingerprint density at radius 1 is 0.261 bits per heavy atom. The van der Waals surface area contributed by atoms with E-state index in [-0.39, 0.29) is 33.1 Å². The molecule has 0 saturated heterocycles. The summed E-state index contributed by atoms with van der Waals surface area (Å²) in [7, 11) is 7.81. The molecule has 0 fully saturated rings. The molecule has 0 aliphatic carbocycles. The smallest absolute Gasteiger partial charge is 0.201 e. The molecule has 0 bridgehead atoms. The fraction of sp³-hybridized carbons (Fsp3) is 0.387. The first-order valence-corrected chi connectivity index (χ1v) is 40.8. The minimum Gasteiger partial charge on any atom is -0.201 e. The van der Waals surface area contributed by atoms with Gasteiger partial charge in [0.05, 0.1) is 0 Å². The third-order valence-corrected chi connectivity index (χ3v) is 20.3. The van der Waals surface area contributed by atoms with Gasteiger partial charge in [-0.25, -0.2) is 18.3 Å². The summed E-state index contributed by atoms with van der Waals surface area (Å²) in [6, 6.07) is 62.9. The Labute approximate surface area is 723 Å². The minimum absolute atomic E-state index is 0.0382. The molecular formula is C111H142N4+4. The van der Waals surface area contributed by atoms with Crippen LogP contribution in [0.1, 0.15) is 231 Å². The Kier molecular flexibility index (Phi) is 21.5. The van der Waals surface area contributed by atoms with Crippen LogP contribution >= 0.6 is 0 Å². The molecule has 0 amide bonds. The van der Waals surface area contributed by atoms with Crippen molar-refractivity contribution in [1.82, 2.24) is 0 Å². The molecule has 0 atom stereocenters. The van der Waals surface area contributed by atoms with Crippen molar-refractivity contribution in [2.45, 2.75) is 225 Å². The second-order valence-electron chi connectivity index (χ2n) is 37.8. The van der Waals surface area contributed by atoms with Gasteiger partial charge in [0.25, 0.3) is 0 Å². The first-order chi connectivity index (χ1) is 60.9. The first-order valence-electron chi connectivity index (χ1n) is 49.8. The highest BCUT2D eigenvalue weighted by molar-refractivity contribution is 5.80. The van der Waals surface area contributed by atoms with Gasteiger partial charge in [-0.2, -0.15) is 0 Å². The van der Waals surface area contributed by atoms with Crippen LogP contribution in [-0.4, -0.2) is 0 Å². The van der Waals surface area contributed by atoms with Gasteiger partial charge in [0.1, 0.15) is 28.2 Å². The van der Waals surface area contributed by atoms with Crippen LogP contribution in [0.5, 0.6) is 0 Å². The summed E-state index contributed by atoms with van der Waals surface area (Å²) in [4.78, 5) is 0. The molecule has 8 aromatic carbocycles. The third-order valence-electron chi connectivity index (χ3n) is 20.3. The molecular weight excluding hydrogens is 1390 g/mol. The molecule has 115 heavy (non-hydrogen) atoms. The Morgan fingerprint density at radius 2 is 0.530 bits per heavy atom. The summed E-state index contributed by atoms with van der Waals surface area (Å²) < 4.78 is 159. The van der Waals surface area contributed by atoms with Crippen LogP contribution in [0.15, 0.2) is 219 Å². The number of pyridine rings is 4. The van der Waals surface area contributed by atoms with Gasteiger partial charge in [-0.15, -0.1) is 0 Å². The molecule has 0 saturated carbocycles. The third kappa shape index (κ3) is 24.5. The predicted octanol–water partition coefficient (Wildman–Crippen LogP) is 27.6. The fourth-order valence-corrected chi connectivity index (χ4v) is 15.1. The lowest BCUT2D eigenvalue weighted by Gasteiger charge is -2.24. The number of hydrogen-bond donors (Lipinski definition) is 0. The van der Waals surface area contributed by atoms with Crippen LogP contribution in [0.2, 0.25) is 0 Å². The second-order valence-corrected chi connectivity index (χ2v) is 37.8. The van der Waals surface area contributed by atoms with Crippen molar-refractivity contribution in [3.05, 3.63) is 308 Å². The normalized spacial score (nSPS) is 15.0.